The predicted octanol–water partition coefficient (Wildman–Crippen LogP) is 6.62. The number of benzene rings is 2. The lowest BCUT2D eigenvalue weighted by atomic mass is 9.84. The van der Waals surface area contributed by atoms with Gasteiger partial charge in [-0.25, -0.2) is 4.79 Å². The molecule has 2 aromatic rings. The molecular formula is C28H31NO3. The van der Waals surface area contributed by atoms with Gasteiger partial charge >= 0.3 is 5.97 Å². The van der Waals surface area contributed by atoms with E-state index in [-0.39, 0.29) is 11.5 Å². The fraction of sp³-hybridized carbons (Fsp3) is 0.429. The van der Waals surface area contributed by atoms with Crippen LogP contribution < -0.4 is 5.32 Å². The smallest absolute Gasteiger partial charge is 0.337 e. The Labute approximate surface area is 190 Å². The number of carbonyl (C=O) groups is 2. The van der Waals surface area contributed by atoms with E-state index in [9.17, 15) is 14.7 Å². The molecular weight excluding hydrogens is 398 g/mol. The highest BCUT2D eigenvalue weighted by molar-refractivity contribution is 6.07. The van der Waals surface area contributed by atoms with E-state index in [1.807, 2.05) is 24.3 Å². The molecule has 2 N–H and O–H groups in total. The Morgan fingerprint density at radius 3 is 2.16 bits per heavy atom. The van der Waals surface area contributed by atoms with Crippen molar-refractivity contribution in [3.05, 3.63) is 64.7 Å². The largest absolute Gasteiger partial charge is 0.478 e. The Bertz CT molecular complexity index is 1020. The lowest BCUT2D eigenvalue weighted by Crippen LogP contribution is -2.15. The molecule has 0 saturated heterocycles. The molecule has 0 spiro atoms. The number of carboxylic acid groups (broad SMARTS) is 1. The van der Waals surface area contributed by atoms with Gasteiger partial charge in [0.25, 0.3) is 5.91 Å². The quantitative estimate of drug-likeness (QED) is 0.537. The summed E-state index contributed by atoms with van der Waals surface area (Å²) in [6.07, 6.45) is 12.2. The zero-order chi connectivity index (χ0) is 22.3. The molecule has 1 amide bonds. The highest BCUT2D eigenvalue weighted by Crippen LogP contribution is 2.32. The van der Waals surface area contributed by atoms with E-state index in [0.717, 1.165) is 12.8 Å². The molecule has 0 radical (unpaired) electrons. The maximum atomic E-state index is 12.8. The summed E-state index contributed by atoms with van der Waals surface area (Å²) in [4.78, 5) is 24.6. The maximum Gasteiger partial charge on any atom is 0.337 e. The lowest BCUT2D eigenvalue weighted by Gasteiger charge is -2.22. The molecule has 0 unspecified atom stereocenters. The average Bonchev–Trinajstić information content (AvgIpc) is 2.84. The molecule has 4 nitrogen and oxygen atoms in total. The predicted molar refractivity (Wildman–Crippen MR) is 127 cm³/mol. The van der Waals surface area contributed by atoms with E-state index < -0.39 is 5.97 Å². The molecule has 0 bridgehead atoms. The molecule has 166 valence electrons. The van der Waals surface area contributed by atoms with Crippen molar-refractivity contribution in [2.75, 3.05) is 5.32 Å². The van der Waals surface area contributed by atoms with Gasteiger partial charge in [-0.05, 0) is 67.5 Å². The van der Waals surface area contributed by atoms with Crippen LogP contribution in [-0.4, -0.2) is 17.0 Å². The molecule has 0 atom stereocenters. The zero-order valence-corrected chi connectivity index (χ0v) is 18.5. The summed E-state index contributed by atoms with van der Waals surface area (Å²) < 4.78 is 0. The van der Waals surface area contributed by atoms with Crippen molar-refractivity contribution in [2.45, 2.75) is 70.1 Å². The van der Waals surface area contributed by atoms with Crippen LogP contribution in [0.1, 0.15) is 102 Å². The van der Waals surface area contributed by atoms with Gasteiger partial charge in [0, 0.05) is 17.0 Å². The minimum Gasteiger partial charge on any atom is -0.478 e. The topological polar surface area (TPSA) is 66.4 Å². The van der Waals surface area contributed by atoms with Crippen LogP contribution in [0.25, 0.3) is 0 Å². The molecule has 0 heterocycles. The third kappa shape index (κ3) is 5.59. The Balaban J connectivity index is 1.46. The fourth-order valence-electron chi connectivity index (χ4n) is 4.88. The van der Waals surface area contributed by atoms with Crippen molar-refractivity contribution in [3.8, 4) is 11.8 Å². The van der Waals surface area contributed by atoms with Crippen LogP contribution in [0.2, 0.25) is 0 Å². The monoisotopic (exact) mass is 429 g/mol. The second-order valence-corrected chi connectivity index (χ2v) is 9.08. The Kier molecular flexibility index (Phi) is 7.27. The minimum absolute atomic E-state index is 0.0626. The Morgan fingerprint density at radius 2 is 1.50 bits per heavy atom. The number of amides is 1. The van der Waals surface area contributed by atoms with Gasteiger partial charge < -0.3 is 10.4 Å². The van der Waals surface area contributed by atoms with Gasteiger partial charge in [0.2, 0.25) is 0 Å². The highest BCUT2D eigenvalue weighted by Gasteiger charge is 2.17. The van der Waals surface area contributed by atoms with Crippen molar-refractivity contribution in [1.29, 1.82) is 0 Å². The van der Waals surface area contributed by atoms with Crippen LogP contribution >= 0.6 is 0 Å². The second-order valence-electron chi connectivity index (χ2n) is 9.08. The van der Waals surface area contributed by atoms with Crippen LogP contribution in [0.15, 0.2) is 42.5 Å². The molecule has 2 aromatic carbocycles. The Morgan fingerprint density at radius 1 is 0.844 bits per heavy atom. The number of rotatable bonds is 4. The number of aromatic carboxylic acids is 1. The van der Waals surface area contributed by atoms with Gasteiger partial charge in [-0.3, -0.25) is 4.79 Å². The number of hydrogen-bond donors (Lipinski definition) is 2. The first-order chi connectivity index (χ1) is 15.6. The van der Waals surface area contributed by atoms with E-state index >= 15 is 0 Å². The molecule has 4 rings (SSSR count). The first-order valence-corrected chi connectivity index (χ1v) is 11.9. The molecule has 4 heteroatoms. The first kappa shape index (κ1) is 22.1. The van der Waals surface area contributed by atoms with Crippen molar-refractivity contribution >= 4 is 17.6 Å². The van der Waals surface area contributed by atoms with Crippen molar-refractivity contribution in [3.63, 3.8) is 0 Å². The number of hydrogen-bond acceptors (Lipinski definition) is 2. The van der Waals surface area contributed by atoms with Gasteiger partial charge in [0.05, 0.1) is 11.3 Å². The van der Waals surface area contributed by atoms with E-state index in [4.69, 9.17) is 0 Å². The van der Waals surface area contributed by atoms with Crippen LogP contribution in [0.4, 0.5) is 5.69 Å². The summed E-state index contributed by atoms with van der Waals surface area (Å²) in [5.41, 5.74) is 2.84. The summed E-state index contributed by atoms with van der Waals surface area (Å²) in [7, 11) is 0. The average molecular weight is 430 g/mol. The van der Waals surface area contributed by atoms with Crippen LogP contribution in [0.3, 0.4) is 0 Å². The van der Waals surface area contributed by atoms with Crippen molar-refractivity contribution < 1.29 is 14.7 Å². The fourth-order valence-corrected chi connectivity index (χ4v) is 4.88. The van der Waals surface area contributed by atoms with Crippen LogP contribution in [-0.2, 0) is 0 Å². The summed E-state index contributed by atoms with van der Waals surface area (Å²) in [6.45, 7) is 0. The third-order valence-corrected chi connectivity index (χ3v) is 6.77. The second kappa shape index (κ2) is 10.5. The minimum atomic E-state index is -1.07. The van der Waals surface area contributed by atoms with Crippen molar-refractivity contribution in [2.24, 2.45) is 5.92 Å². The standard InChI is InChI=1S/C28H31NO3/c30-27(24-16-14-23(15-17-24)22-9-5-2-6-10-22)29-26-18-13-21(19-25(26)28(31)32)12-11-20-7-3-1-4-8-20/h13-20,22H,1-10H2,(H,29,30)(H,31,32). The first-order valence-electron chi connectivity index (χ1n) is 11.9. The van der Waals surface area contributed by atoms with Gasteiger partial charge in [0.15, 0.2) is 0 Å². The molecule has 2 aliphatic carbocycles. The van der Waals surface area contributed by atoms with Crippen molar-refractivity contribution in [1.82, 2.24) is 0 Å². The normalized spacial score (nSPS) is 17.2. The summed E-state index contributed by atoms with van der Waals surface area (Å²) >= 11 is 0. The van der Waals surface area contributed by atoms with E-state index in [0.29, 0.717) is 28.7 Å². The molecule has 2 fully saturated rings. The Hall–Kier alpha value is -3.06. The maximum absolute atomic E-state index is 12.8. The molecule has 2 aliphatic rings. The summed E-state index contributed by atoms with van der Waals surface area (Å²) in [5, 5.41) is 12.4. The van der Waals surface area contributed by atoms with E-state index in [1.54, 1.807) is 18.2 Å². The van der Waals surface area contributed by atoms with E-state index in [2.05, 4.69) is 17.2 Å². The van der Waals surface area contributed by atoms with Gasteiger partial charge in [0.1, 0.15) is 0 Å². The molecule has 0 aromatic heterocycles. The SMILES string of the molecule is O=C(Nc1ccc(C#CC2CCCCC2)cc1C(=O)O)c1ccc(C2CCCCC2)cc1. The third-order valence-electron chi connectivity index (χ3n) is 6.77. The van der Waals surface area contributed by atoms with Crippen LogP contribution in [0, 0.1) is 17.8 Å². The summed E-state index contributed by atoms with van der Waals surface area (Å²) in [6, 6.07) is 12.7. The lowest BCUT2D eigenvalue weighted by molar-refractivity contribution is 0.0698. The van der Waals surface area contributed by atoms with Gasteiger partial charge in [-0.2, -0.15) is 0 Å². The van der Waals surface area contributed by atoms with Gasteiger partial charge in [-0.1, -0.05) is 62.5 Å². The van der Waals surface area contributed by atoms with E-state index in [1.165, 1.54) is 56.9 Å². The molecule has 0 aliphatic heterocycles. The molecule has 2 saturated carbocycles. The number of anilines is 1. The molecule has 32 heavy (non-hydrogen) atoms. The highest BCUT2D eigenvalue weighted by atomic mass is 16.4. The number of nitrogens with one attached hydrogen (secondary N) is 1. The zero-order valence-electron chi connectivity index (χ0n) is 18.5. The number of carbonyl (C=O) groups excluding carboxylic acids is 1. The van der Waals surface area contributed by atoms with Gasteiger partial charge in [-0.15, -0.1) is 0 Å². The van der Waals surface area contributed by atoms with Crippen LogP contribution in [0.5, 0.6) is 0 Å². The number of carboxylic acids is 1. The summed E-state index contributed by atoms with van der Waals surface area (Å²) in [5.74, 6) is 6.03.